The maximum absolute atomic E-state index is 13.3. The smallest absolute Gasteiger partial charge is 0.140 e. The van der Waals surface area contributed by atoms with Crippen molar-refractivity contribution in [3.05, 3.63) is 53.7 Å². The number of benzene rings is 1. The van der Waals surface area contributed by atoms with Gasteiger partial charge in [-0.2, -0.15) is 0 Å². The standard InChI is InChI=1S/C14H11F2N3/c1-8-2-3-9(15)6-11(8)13-14(17)19-7-10(16)4-5-12(19)18-13/h2-7H,17H2,1H3. The summed E-state index contributed by atoms with van der Waals surface area (Å²) in [5, 5.41) is 0. The second-order valence-electron chi connectivity index (χ2n) is 4.38. The van der Waals surface area contributed by atoms with Gasteiger partial charge in [0.2, 0.25) is 0 Å². The molecule has 0 aliphatic carbocycles. The number of nitrogens with two attached hydrogens (primary N) is 1. The summed E-state index contributed by atoms with van der Waals surface area (Å²) in [5.41, 5.74) is 8.43. The molecule has 19 heavy (non-hydrogen) atoms. The van der Waals surface area contributed by atoms with Crippen LogP contribution in [0.15, 0.2) is 36.5 Å². The zero-order valence-electron chi connectivity index (χ0n) is 10.2. The molecule has 0 spiro atoms. The number of aryl methyl sites for hydroxylation is 1. The fourth-order valence-electron chi connectivity index (χ4n) is 2.08. The molecule has 0 bridgehead atoms. The van der Waals surface area contributed by atoms with Gasteiger partial charge in [0.15, 0.2) is 0 Å². The van der Waals surface area contributed by atoms with E-state index >= 15 is 0 Å². The molecule has 3 aromatic rings. The highest BCUT2D eigenvalue weighted by Gasteiger charge is 2.14. The molecule has 5 heteroatoms. The van der Waals surface area contributed by atoms with Gasteiger partial charge in [0.25, 0.3) is 0 Å². The summed E-state index contributed by atoms with van der Waals surface area (Å²) in [6.45, 7) is 1.85. The number of halogens is 2. The van der Waals surface area contributed by atoms with Crippen molar-refractivity contribution in [2.45, 2.75) is 6.92 Å². The van der Waals surface area contributed by atoms with E-state index in [1.54, 1.807) is 6.07 Å². The Morgan fingerprint density at radius 1 is 1.11 bits per heavy atom. The van der Waals surface area contributed by atoms with Gasteiger partial charge >= 0.3 is 0 Å². The maximum Gasteiger partial charge on any atom is 0.140 e. The van der Waals surface area contributed by atoms with Gasteiger partial charge in [0.05, 0.1) is 0 Å². The van der Waals surface area contributed by atoms with Crippen LogP contribution in [0.5, 0.6) is 0 Å². The summed E-state index contributed by atoms with van der Waals surface area (Å²) in [7, 11) is 0. The second kappa shape index (κ2) is 4.05. The van der Waals surface area contributed by atoms with Gasteiger partial charge in [-0.3, -0.25) is 4.40 Å². The third-order valence-electron chi connectivity index (χ3n) is 3.07. The number of nitrogens with zero attached hydrogens (tertiary/aromatic N) is 2. The maximum atomic E-state index is 13.3. The van der Waals surface area contributed by atoms with Gasteiger partial charge in [0, 0.05) is 11.8 Å². The molecule has 0 atom stereocenters. The Bertz CT molecular complexity index is 778. The molecule has 96 valence electrons. The van der Waals surface area contributed by atoms with Gasteiger partial charge in [-0.25, -0.2) is 13.8 Å². The first-order valence-corrected chi connectivity index (χ1v) is 5.76. The summed E-state index contributed by atoms with van der Waals surface area (Å²) >= 11 is 0. The van der Waals surface area contributed by atoms with Crippen molar-refractivity contribution in [1.82, 2.24) is 9.38 Å². The molecule has 0 aliphatic rings. The molecule has 0 saturated heterocycles. The third-order valence-corrected chi connectivity index (χ3v) is 3.07. The van der Waals surface area contributed by atoms with Crippen LogP contribution in [-0.4, -0.2) is 9.38 Å². The number of rotatable bonds is 1. The lowest BCUT2D eigenvalue weighted by Gasteiger charge is -2.04. The van der Waals surface area contributed by atoms with E-state index in [4.69, 9.17) is 5.73 Å². The summed E-state index contributed by atoms with van der Waals surface area (Å²) in [6.07, 6.45) is 1.26. The number of imidazole rings is 1. The first-order chi connectivity index (χ1) is 9.06. The summed E-state index contributed by atoms with van der Waals surface area (Å²) < 4.78 is 28.0. The molecule has 3 nitrogen and oxygen atoms in total. The summed E-state index contributed by atoms with van der Waals surface area (Å²) in [6, 6.07) is 7.26. The van der Waals surface area contributed by atoms with Crippen molar-refractivity contribution in [2.75, 3.05) is 5.73 Å². The minimum Gasteiger partial charge on any atom is -0.383 e. The number of nitrogen functional groups attached to an aromatic ring is 1. The largest absolute Gasteiger partial charge is 0.383 e. The number of anilines is 1. The van der Waals surface area contributed by atoms with Crippen LogP contribution in [0.3, 0.4) is 0 Å². The first-order valence-electron chi connectivity index (χ1n) is 5.76. The summed E-state index contributed by atoms with van der Waals surface area (Å²) in [5.74, 6) is -0.467. The van der Waals surface area contributed by atoms with Crippen LogP contribution in [0, 0.1) is 18.6 Å². The lowest BCUT2D eigenvalue weighted by molar-refractivity contribution is 0.619. The Labute approximate surface area is 108 Å². The average molecular weight is 259 g/mol. The quantitative estimate of drug-likeness (QED) is 0.729. The minimum absolute atomic E-state index is 0.295. The zero-order valence-corrected chi connectivity index (χ0v) is 10.2. The highest BCUT2D eigenvalue weighted by atomic mass is 19.1. The van der Waals surface area contributed by atoms with Crippen molar-refractivity contribution in [3.63, 3.8) is 0 Å². The number of hydrogen-bond acceptors (Lipinski definition) is 2. The first kappa shape index (κ1) is 11.6. The summed E-state index contributed by atoms with van der Waals surface area (Å²) in [4.78, 5) is 4.33. The van der Waals surface area contributed by atoms with Crippen LogP contribution in [0.25, 0.3) is 16.9 Å². The molecular formula is C14H11F2N3. The fraction of sp³-hybridized carbons (Fsp3) is 0.0714. The van der Waals surface area contributed by atoms with Gasteiger partial charge in [-0.05, 0) is 36.8 Å². The third kappa shape index (κ3) is 1.83. The Kier molecular flexibility index (Phi) is 2.48. The zero-order chi connectivity index (χ0) is 13.6. The molecule has 1 aromatic carbocycles. The molecule has 0 unspecified atom stereocenters. The average Bonchev–Trinajstić information content (AvgIpc) is 2.70. The topological polar surface area (TPSA) is 43.3 Å². The number of fused-ring (bicyclic) bond motifs is 1. The molecule has 2 aromatic heterocycles. The van der Waals surface area contributed by atoms with Crippen LogP contribution in [0.4, 0.5) is 14.6 Å². The van der Waals surface area contributed by atoms with Crippen molar-refractivity contribution in [3.8, 4) is 11.3 Å². The van der Waals surface area contributed by atoms with Gasteiger partial charge in [-0.15, -0.1) is 0 Å². The van der Waals surface area contributed by atoms with Crippen molar-refractivity contribution in [2.24, 2.45) is 0 Å². The molecule has 2 heterocycles. The molecule has 0 amide bonds. The van der Waals surface area contributed by atoms with Crippen LogP contribution in [0.2, 0.25) is 0 Å². The Morgan fingerprint density at radius 2 is 1.84 bits per heavy atom. The van der Waals surface area contributed by atoms with E-state index < -0.39 is 5.82 Å². The Hall–Kier alpha value is -2.43. The monoisotopic (exact) mass is 259 g/mol. The van der Waals surface area contributed by atoms with Crippen molar-refractivity contribution >= 4 is 11.5 Å². The second-order valence-corrected chi connectivity index (χ2v) is 4.38. The Morgan fingerprint density at radius 3 is 2.63 bits per heavy atom. The molecular weight excluding hydrogens is 248 g/mol. The van der Waals surface area contributed by atoms with Gasteiger partial charge in [0.1, 0.15) is 28.8 Å². The SMILES string of the molecule is Cc1ccc(F)cc1-c1nc2ccc(F)cn2c1N. The van der Waals surface area contributed by atoms with E-state index in [2.05, 4.69) is 4.98 Å². The van der Waals surface area contributed by atoms with Gasteiger partial charge in [-0.1, -0.05) is 6.07 Å². The van der Waals surface area contributed by atoms with E-state index in [0.717, 1.165) is 5.56 Å². The van der Waals surface area contributed by atoms with Crippen LogP contribution in [-0.2, 0) is 0 Å². The van der Waals surface area contributed by atoms with E-state index in [-0.39, 0.29) is 5.82 Å². The number of aromatic nitrogens is 2. The highest BCUT2D eigenvalue weighted by Crippen LogP contribution is 2.29. The number of hydrogen-bond donors (Lipinski definition) is 1. The lowest BCUT2D eigenvalue weighted by atomic mass is 10.1. The fourth-order valence-corrected chi connectivity index (χ4v) is 2.08. The molecule has 0 radical (unpaired) electrons. The normalized spacial score (nSPS) is 11.1. The van der Waals surface area contributed by atoms with Crippen molar-refractivity contribution in [1.29, 1.82) is 0 Å². The molecule has 2 N–H and O–H groups in total. The van der Waals surface area contributed by atoms with E-state index in [1.807, 2.05) is 6.92 Å². The van der Waals surface area contributed by atoms with E-state index in [0.29, 0.717) is 22.7 Å². The number of pyridine rings is 1. The Balaban J connectivity index is 2.31. The predicted molar refractivity (Wildman–Crippen MR) is 69.7 cm³/mol. The lowest BCUT2D eigenvalue weighted by Crippen LogP contribution is -1.95. The predicted octanol–water partition coefficient (Wildman–Crippen LogP) is 3.17. The molecule has 0 fully saturated rings. The molecule has 0 saturated carbocycles. The highest BCUT2D eigenvalue weighted by molar-refractivity contribution is 5.76. The van der Waals surface area contributed by atoms with Crippen LogP contribution >= 0.6 is 0 Å². The molecule has 3 rings (SSSR count). The minimum atomic E-state index is -0.404. The van der Waals surface area contributed by atoms with Crippen LogP contribution < -0.4 is 5.73 Å². The molecule has 0 aliphatic heterocycles. The van der Waals surface area contributed by atoms with E-state index in [1.165, 1.54) is 34.9 Å². The van der Waals surface area contributed by atoms with Gasteiger partial charge < -0.3 is 5.73 Å². The van der Waals surface area contributed by atoms with E-state index in [9.17, 15) is 8.78 Å². The van der Waals surface area contributed by atoms with Crippen LogP contribution in [0.1, 0.15) is 5.56 Å². The van der Waals surface area contributed by atoms with Crippen molar-refractivity contribution < 1.29 is 8.78 Å².